The summed E-state index contributed by atoms with van der Waals surface area (Å²) in [6, 6.07) is 21.8. The van der Waals surface area contributed by atoms with Gasteiger partial charge in [0, 0.05) is 11.8 Å². The minimum Gasteiger partial charge on any atom is -0.0774 e. The van der Waals surface area contributed by atoms with E-state index in [1.807, 2.05) is 0 Å². The lowest BCUT2D eigenvalue weighted by Crippen LogP contribution is -2.22. The van der Waals surface area contributed by atoms with Crippen molar-refractivity contribution in [2.45, 2.75) is 25.6 Å². The molecule has 0 aliphatic heterocycles. The molecule has 0 spiro atoms. The van der Waals surface area contributed by atoms with E-state index in [0.717, 1.165) is 0 Å². The van der Waals surface area contributed by atoms with Gasteiger partial charge in [-0.1, -0.05) is 104 Å². The van der Waals surface area contributed by atoms with Gasteiger partial charge in [-0.3, -0.25) is 0 Å². The van der Waals surface area contributed by atoms with Gasteiger partial charge in [0.05, 0.1) is 8.07 Å². The van der Waals surface area contributed by atoms with E-state index in [9.17, 15) is 0 Å². The Bertz CT molecular complexity index is 635. The largest absolute Gasteiger partial charge is 0.0774 e. The average molecular weight is 305 g/mol. The number of allylic oxidation sites excluding steroid dienone is 4. The summed E-state index contributed by atoms with van der Waals surface area (Å²) in [4.78, 5) is 0. The van der Waals surface area contributed by atoms with Crippen molar-refractivity contribution < 1.29 is 0 Å². The summed E-state index contributed by atoms with van der Waals surface area (Å²) in [5.74, 6) is 0.874. The maximum atomic E-state index is 2.51. The summed E-state index contributed by atoms with van der Waals surface area (Å²) in [7, 11) is -1.24. The Morgan fingerprint density at radius 2 is 1.27 bits per heavy atom. The van der Waals surface area contributed by atoms with Crippen molar-refractivity contribution in [1.29, 1.82) is 0 Å². The third-order valence-corrected chi connectivity index (χ3v) is 6.50. The molecule has 0 aromatic heterocycles. The molecule has 1 atom stereocenters. The molecular weight excluding hydrogens is 280 g/mol. The first-order chi connectivity index (χ1) is 10.6. The highest BCUT2D eigenvalue weighted by Gasteiger charge is 2.28. The van der Waals surface area contributed by atoms with E-state index in [2.05, 4.69) is 98.5 Å². The molecule has 112 valence electrons. The Labute approximate surface area is 135 Å². The highest BCUT2D eigenvalue weighted by atomic mass is 28.3. The zero-order chi connectivity index (χ0) is 15.6. The summed E-state index contributed by atoms with van der Waals surface area (Å²) < 4.78 is 0. The van der Waals surface area contributed by atoms with Gasteiger partial charge in [-0.25, -0.2) is 0 Å². The van der Waals surface area contributed by atoms with Gasteiger partial charge in [0.25, 0.3) is 0 Å². The molecule has 1 aliphatic carbocycles. The number of benzene rings is 2. The van der Waals surface area contributed by atoms with Crippen LogP contribution in [0.25, 0.3) is 0 Å². The highest BCUT2D eigenvalue weighted by molar-refractivity contribution is 6.83. The molecule has 1 aliphatic rings. The third-order valence-electron chi connectivity index (χ3n) is 4.44. The van der Waals surface area contributed by atoms with Crippen LogP contribution in [0.15, 0.2) is 84.1 Å². The summed E-state index contributed by atoms with van der Waals surface area (Å²) in [6.07, 6.45) is 7.28. The fourth-order valence-corrected chi connectivity index (χ4v) is 4.49. The SMILES string of the molecule is C[Si](C)(C)C1=CC(C(c2ccccc2)c2ccccc2)C=C1. The third kappa shape index (κ3) is 3.15. The van der Waals surface area contributed by atoms with Gasteiger partial charge in [-0.05, 0) is 11.1 Å². The molecule has 0 amide bonds. The summed E-state index contributed by atoms with van der Waals surface area (Å²) >= 11 is 0. The van der Waals surface area contributed by atoms with Gasteiger partial charge in [0.15, 0.2) is 0 Å². The first-order valence-corrected chi connectivity index (χ1v) is 11.6. The molecule has 0 fully saturated rings. The van der Waals surface area contributed by atoms with Gasteiger partial charge in [0.2, 0.25) is 0 Å². The van der Waals surface area contributed by atoms with Crippen LogP contribution in [0.5, 0.6) is 0 Å². The molecule has 0 heterocycles. The lowest BCUT2D eigenvalue weighted by molar-refractivity contribution is 0.692. The molecular formula is C21H24Si. The fourth-order valence-electron chi connectivity index (χ4n) is 3.20. The van der Waals surface area contributed by atoms with Crippen molar-refractivity contribution in [2.24, 2.45) is 5.92 Å². The van der Waals surface area contributed by atoms with E-state index in [4.69, 9.17) is 0 Å². The van der Waals surface area contributed by atoms with Crippen molar-refractivity contribution >= 4 is 8.07 Å². The molecule has 2 aromatic rings. The first-order valence-electron chi connectivity index (χ1n) is 8.06. The van der Waals surface area contributed by atoms with Crippen LogP contribution in [-0.2, 0) is 0 Å². The van der Waals surface area contributed by atoms with Crippen molar-refractivity contribution in [3.8, 4) is 0 Å². The minimum atomic E-state index is -1.24. The van der Waals surface area contributed by atoms with E-state index >= 15 is 0 Å². The van der Waals surface area contributed by atoms with Crippen LogP contribution >= 0.6 is 0 Å². The highest BCUT2D eigenvalue weighted by Crippen LogP contribution is 2.38. The molecule has 0 N–H and O–H groups in total. The van der Waals surface area contributed by atoms with Crippen LogP contribution in [0, 0.1) is 5.92 Å². The topological polar surface area (TPSA) is 0 Å². The second-order valence-corrected chi connectivity index (χ2v) is 12.2. The molecule has 1 heteroatoms. The van der Waals surface area contributed by atoms with Crippen LogP contribution in [0.4, 0.5) is 0 Å². The Morgan fingerprint density at radius 1 is 0.773 bits per heavy atom. The summed E-state index contributed by atoms with van der Waals surface area (Å²) in [5, 5.41) is 1.58. The quantitative estimate of drug-likeness (QED) is 0.625. The van der Waals surface area contributed by atoms with E-state index in [1.165, 1.54) is 11.1 Å². The van der Waals surface area contributed by atoms with Crippen LogP contribution < -0.4 is 0 Å². The maximum Gasteiger partial charge on any atom is 0.0771 e. The molecule has 0 saturated heterocycles. The van der Waals surface area contributed by atoms with Gasteiger partial charge in [-0.2, -0.15) is 0 Å². The molecule has 22 heavy (non-hydrogen) atoms. The Balaban J connectivity index is 2.02. The maximum absolute atomic E-state index is 2.51. The molecule has 0 saturated carbocycles. The smallest absolute Gasteiger partial charge is 0.0771 e. The number of hydrogen-bond acceptors (Lipinski definition) is 0. The van der Waals surface area contributed by atoms with Crippen LogP contribution in [0.2, 0.25) is 19.6 Å². The lowest BCUT2D eigenvalue weighted by Gasteiger charge is -2.23. The Kier molecular flexibility index (Phi) is 4.17. The first kappa shape index (κ1) is 15.0. The zero-order valence-corrected chi connectivity index (χ0v) is 14.7. The second-order valence-electron chi connectivity index (χ2n) is 7.11. The summed E-state index contributed by atoms with van der Waals surface area (Å²) in [6.45, 7) is 7.27. The Hall–Kier alpha value is -1.86. The monoisotopic (exact) mass is 304 g/mol. The van der Waals surface area contributed by atoms with Crippen LogP contribution in [-0.4, -0.2) is 8.07 Å². The van der Waals surface area contributed by atoms with E-state index in [1.54, 1.807) is 5.20 Å². The molecule has 3 rings (SSSR count). The minimum absolute atomic E-state index is 0.410. The van der Waals surface area contributed by atoms with Crippen molar-refractivity contribution in [3.05, 3.63) is 95.2 Å². The van der Waals surface area contributed by atoms with Gasteiger partial charge < -0.3 is 0 Å². The predicted molar refractivity (Wildman–Crippen MR) is 98.8 cm³/mol. The summed E-state index contributed by atoms with van der Waals surface area (Å²) in [5.41, 5.74) is 2.80. The fraction of sp³-hybridized carbons (Fsp3) is 0.238. The van der Waals surface area contributed by atoms with Gasteiger partial charge >= 0.3 is 0 Å². The molecule has 0 bridgehead atoms. The number of rotatable bonds is 4. The van der Waals surface area contributed by atoms with Crippen LogP contribution in [0.1, 0.15) is 17.0 Å². The van der Waals surface area contributed by atoms with E-state index < -0.39 is 8.07 Å². The van der Waals surface area contributed by atoms with Gasteiger partial charge in [-0.15, -0.1) is 0 Å². The molecule has 0 radical (unpaired) electrons. The molecule has 1 unspecified atom stereocenters. The number of hydrogen-bond donors (Lipinski definition) is 0. The van der Waals surface area contributed by atoms with Crippen molar-refractivity contribution in [3.63, 3.8) is 0 Å². The second kappa shape index (κ2) is 6.10. The molecule has 2 aromatic carbocycles. The van der Waals surface area contributed by atoms with E-state index in [-0.39, 0.29) is 0 Å². The lowest BCUT2D eigenvalue weighted by atomic mass is 9.81. The van der Waals surface area contributed by atoms with Crippen molar-refractivity contribution in [2.75, 3.05) is 0 Å². The molecule has 0 nitrogen and oxygen atoms in total. The van der Waals surface area contributed by atoms with Gasteiger partial charge in [0.1, 0.15) is 0 Å². The Morgan fingerprint density at radius 3 is 1.68 bits per heavy atom. The normalized spacial score (nSPS) is 17.8. The van der Waals surface area contributed by atoms with Crippen molar-refractivity contribution in [1.82, 2.24) is 0 Å². The average Bonchev–Trinajstić information content (AvgIpc) is 2.99. The standard InChI is InChI=1S/C21H24Si/c1-22(2,3)20-15-14-19(16-20)21(17-10-6-4-7-11-17)18-12-8-5-9-13-18/h4-16,19,21H,1-3H3. The zero-order valence-electron chi connectivity index (χ0n) is 13.7. The predicted octanol–water partition coefficient (Wildman–Crippen LogP) is 5.81. The van der Waals surface area contributed by atoms with E-state index in [0.29, 0.717) is 11.8 Å². The van der Waals surface area contributed by atoms with Crippen LogP contribution in [0.3, 0.4) is 0 Å².